The molecule has 1 amide bonds. The van der Waals surface area contributed by atoms with Crippen LogP contribution in [0.1, 0.15) is 6.92 Å². The first-order chi connectivity index (χ1) is 9.15. The number of nitrogens with one attached hydrogen (secondary N) is 1. The van der Waals surface area contributed by atoms with Crippen molar-refractivity contribution in [1.82, 2.24) is 14.5 Å². The summed E-state index contributed by atoms with van der Waals surface area (Å²) in [5.41, 5.74) is 3.39. The first kappa shape index (κ1) is 15.8. The molecule has 3 N–H and O–H groups in total. The number of carbonyl (C=O) groups excluding carboxylic acids is 1. The van der Waals surface area contributed by atoms with Crippen molar-refractivity contribution in [3.05, 3.63) is 27.0 Å². The minimum atomic E-state index is -4.57. The Morgan fingerprint density at radius 2 is 2.00 bits per heavy atom. The molecule has 0 aliphatic heterocycles. The SMILES string of the molecule is CCn1cc(N)c(=O)n(CC(=O)NCC(F)(F)F)c1=O. The van der Waals surface area contributed by atoms with Gasteiger partial charge in [0.25, 0.3) is 5.56 Å². The van der Waals surface area contributed by atoms with Gasteiger partial charge < -0.3 is 11.1 Å². The van der Waals surface area contributed by atoms with Gasteiger partial charge in [0.15, 0.2) is 0 Å². The van der Waals surface area contributed by atoms with E-state index in [0.717, 1.165) is 10.8 Å². The Bertz CT molecular complexity index is 618. The van der Waals surface area contributed by atoms with E-state index in [1.807, 2.05) is 0 Å². The van der Waals surface area contributed by atoms with E-state index in [2.05, 4.69) is 0 Å². The summed E-state index contributed by atoms with van der Waals surface area (Å²) >= 11 is 0. The van der Waals surface area contributed by atoms with Crippen molar-refractivity contribution < 1.29 is 18.0 Å². The predicted octanol–water partition coefficient (Wildman–Crippen LogP) is -0.709. The van der Waals surface area contributed by atoms with Gasteiger partial charge in [-0.15, -0.1) is 0 Å². The number of carbonyl (C=O) groups is 1. The molecule has 1 aromatic heterocycles. The Hall–Kier alpha value is -2.26. The standard InChI is InChI=1S/C10H13F3N4O3/c1-2-16-3-6(14)8(19)17(9(16)20)4-7(18)15-5-10(11,12)13/h3H,2,4-5,14H2,1H3,(H,15,18). The molecule has 10 heteroatoms. The monoisotopic (exact) mass is 294 g/mol. The maximum atomic E-state index is 11.9. The first-order valence-corrected chi connectivity index (χ1v) is 5.59. The molecule has 0 atom stereocenters. The fourth-order valence-electron chi connectivity index (χ4n) is 1.44. The molecule has 20 heavy (non-hydrogen) atoms. The molecule has 0 saturated carbocycles. The highest BCUT2D eigenvalue weighted by Crippen LogP contribution is 2.11. The van der Waals surface area contributed by atoms with Crippen molar-refractivity contribution in [2.24, 2.45) is 0 Å². The van der Waals surface area contributed by atoms with Crippen LogP contribution in [0.25, 0.3) is 0 Å². The molecule has 0 bridgehead atoms. The Morgan fingerprint density at radius 3 is 2.50 bits per heavy atom. The number of hydrogen-bond acceptors (Lipinski definition) is 4. The van der Waals surface area contributed by atoms with Gasteiger partial charge in [0.2, 0.25) is 5.91 Å². The molecular weight excluding hydrogens is 281 g/mol. The van der Waals surface area contributed by atoms with Crippen LogP contribution in [-0.2, 0) is 17.9 Å². The zero-order valence-corrected chi connectivity index (χ0v) is 10.5. The largest absolute Gasteiger partial charge is 0.405 e. The summed E-state index contributed by atoms with van der Waals surface area (Å²) in [6.07, 6.45) is -3.45. The van der Waals surface area contributed by atoms with Gasteiger partial charge >= 0.3 is 11.9 Å². The van der Waals surface area contributed by atoms with E-state index in [9.17, 15) is 27.6 Å². The molecule has 0 aromatic carbocycles. The maximum absolute atomic E-state index is 11.9. The maximum Gasteiger partial charge on any atom is 0.405 e. The number of alkyl halides is 3. The third-order valence-electron chi connectivity index (χ3n) is 2.39. The molecule has 0 fully saturated rings. The molecule has 0 saturated heterocycles. The van der Waals surface area contributed by atoms with E-state index in [4.69, 9.17) is 5.73 Å². The average Bonchev–Trinajstić information content (AvgIpc) is 2.35. The lowest BCUT2D eigenvalue weighted by Gasteiger charge is -2.11. The van der Waals surface area contributed by atoms with Crippen LogP contribution in [0.3, 0.4) is 0 Å². The third-order valence-corrected chi connectivity index (χ3v) is 2.39. The molecule has 1 aromatic rings. The second-order valence-electron chi connectivity index (χ2n) is 3.94. The lowest BCUT2D eigenvalue weighted by molar-refractivity contribution is -0.138. The second-order valence-corrected chi connectivity index (χ2v) is 3.94. The Balaban J connectivity index is 2.98. The molecule has 112 valence electrons. The van der Waals surface area contributed by atoms with Gasteiger partial charge in [0.1, 0.15) is 18.8 Å². The van der Waals surface area contributed by atoms with Gasteiger partial charge in [0.05, 0.1) is 0 Å². The van der Waals surface area contributed by atoms with Crippen LogP contribution >= 0.6 is 0 Å². The van der Waals surface area contributed by atoms with E-state index < -0.39 is 36.4 Å². The van der Waals surface area contributed by atoms with E-state index >= 15 is 0 Å². The zero-order valence-electron chi connectivity index (χ0n) is 10.5. The van der Waals surface area contributed by atoms with Crippen LogP contribution in [-0.4, -0.2) is 27.8 Å². The summed E-state index contributed by atoms with van der Waals surface area (Å²) < 4.78 is 37.3. The van der Waals surface area contributed by atoms with Crippen LogP contribution in [0.2, 0.25) is 0 Å². The number of nitrogens with two attached hydrogens (primary N) is 1. The normalized spacial score (nSPS) is 11.4. The summed E-state index contributed by atoms with van der Waals surface area (Å²) in [4.78, 5) is 34.7. The number of nitrogen functional groups attached to an aromatic ring is 1. The molecule has 0 unspecified atom stereocenters. The first-order valence-electron chi connectivity index (χ1n) is 5.59. The highest BCUT2D eigenvalue weighted by Gasteiger charge is 2.27. The van der Waals surface area contributed by atoms with E-state index in [-0.39, 0.29) is 12.2 Å². The van der Waals surface area contributed by atoms with E-state index in [0.29, 0.717) is 4.57 Å². The fraction of sp³-hybridized carbons (Fsp3) is 0.500. The topological polar surface area (TPSA) is 99.1 Å². The Labute approximate surface area is 110 Å². The number of halogens is 3. The van der Waals surface area contributed by atoms with Crippen LogP contribution in [0.15, 0.2) is 15.8 Å². The molecule has 0 aliphatic rings. The lowest BCUT2D eigenvalue weighted by Crippen LogP contribution is -2.45. The number of anilines is 1. The number of amides is 1. The van der Waals surface area contributed by atoms with Crippen molar-refractivity contribution in [1.29, 1.82) is 0 Å². The molecular formula is C10H13F3N4O3. The van der Waals surface area contributed by atoms with Crippen LogP contribution in [0.4, 0.5) is 18.9 Å². The highest BCUT2D eigenvalue weighted by molar-refractivity contribution is 5.75. The number of aryl methyl sites for hydroxylation is 1. The van der Waals surface area contributed by atoms with Crippen molar-refractivity contribution in [2.45, 2.75) is 26.2 Å². The molecule has 1 heterocycles. The molecule has 0 aliphatic carbocycles. The summed E-state index contributed by atoms with van der Waals surface area (Å²) in [5, 5.41) is 1.57. The summed E-state index contributed by atoms with van der Waals surface area (Å²) in [7, 11) is 0. The van der Waals surface area contributed by atoms with Gasteiger partial charge in [-0.2, -0.15) is 13.2 Å². The highest BCUT2D eigenvalue weighted by atomic mass is 19.4. The molecule has 0 spiro atoms. The third kappa shape index (κ3) is 3.87. The minimum Gasteiger partial charge on any atom is -0.393 e. The van der Waals surface area contributed by atoms with Crippen LogP contribution in [0, 0.1) is 0 Å². The summed E-state index contributed by atoms with van der Waals surface area (Å²) in [6, 6.07) is 0. The zero-order chi connectivity index (χ0) is 15.5. The number of aromatic nitrogens is 2. The van der Waals surface area contributed by atoms with Crippen LogP contribution < -0.4 is 22.3 Å². The van der Waals surface area contributed by atoms with Crippen molar-refractivity contribution in [3.8, 4) is 0 Å². The smallest absolute Gasteiger partial charge is 0.393 e. The summed E-state index contributed by atoms with van der Waals surface area (Å²) in [6.45, 7) is -0.545. The van der Waals surface area contributed by atoms with Crippen molar-refractivity contribution in [2.75, 3.05) is 12.3 Å². The Morgan fingerprint density at radius 1 is 1.40 bits per heavy atom. The number of rotatable bonds is 4. The van der Waals surface area contributed by atoms with Gasteiger partial charge in [0, 0.05) is 12.7 Å². The number of hydrogen-bond donors (Lipinski definition) is 2. The molecule has 7 nitrogen and oxygen atoms in total. The fourth-order valence-corrected chi connectivity index (χ4v) is 1.44. The van der Waals surface area contributed by atoms with E-state index in [1.54, 1.807) is 12.2 Å². The quantitative estimate of drug-likeness (QED) is 0.766. The lowest BCUT2D eigenvalue weighted by atomic mass is 10.4. The number of nitrogens with zero attached hydrogens (tertiary/aromatic N) is 2. The van der Waals surface area contributed by atoms with Gasteiger partial charge in [-0.1, -0.05) is 0 Å². The van der Waals surface area contributed by atoms with Gasteiger partial charge in [-0.3, -0.25) is 14.2 Å². The van der Waals surface area contributed by atoms with E-state index in [1.165, 1.54) is 0 Å². The van der Waals surface area contributed by atoms with Gasteiger partial charge in [-0.05, 0) is 6.92 Å². The van der Waals surface area contributed by atoms with Crippen molar-refractivity contribution in [3.63, 3.8) is 0 Å². The Kier molecular flexibility index (Phi) is 4.58. The van der Waals surface area contributed by atoms with Crippen LogP contribution in [0.5, 0.6) is 0 Å². The van der Waals surface area contributed by atoms with Gasteiger partial charge in [-0.25, -0.2) is 9.36 Å². The molecule has 1 rings (SSSR count). The predicted molar refractivity (Wildman–Crippen MR) is 64.1 cm³/mol. The second kappa shape index (κ2) is 5.80. The minimum absolute atomic E-state index is 0.202. The van der Waals surface area contributed by atoms with Crippen molar-refractivity contribution >= 4 is 11.6 Å². The summed E-state index contributed by atoms with van der Waals surface area (Å²) in [5.74, 6) is -1.10. The molecule has 0 radical (unpaired) electrons. The average molecular weight is 294 g/mol.